The molecule has 0 saturated carbocycles. The molecule has 1 fully saturated rings. The number of nitro groups is 1. The molecule has 27 heavy (non-hydrogen) atoms. The summed E-state index contributed by atoms with van der Waals surface area (Å²) in [6.07, 6.45) is 0. The van der Waals surface area contributed by atoms with Crippen LogP contribution in [0.4, 0.5) is 11.4 Å². The average molecular weight is 373 g/mol. The van der Waals surface area contributed by atoms with E-state index < -0.39 is 4.92 Å². The summed E-state index contributed by atoms with van der Waals surface area (Å²) >= 11 is 0. The van der Waals surface area contributed by atoms with Crippen LogP contribution in [0.2, 0.25) is 0 Å². The van der Waals surface area contributed by atoms with E-state index in [1.54, 1.807) is 6.07 Å². The van der Waals surface area contributed by atoms with Gasteiger partial charge in [-0.05, 0) is 32.9 Å². The van der Waals surface area contributed by atoms with Crippen LogP contribution in [0.3, 0.4) is 0 Å². The normalized spacial score (nSPS) is 15.4. The number of rotatable bonds is 5. The van der Waals surface area contributed by atoms with Gasteiger partial charge in [0.1, 0.15) is 11.5 Å². The van der Waals surface area contributed by atoms with E-state index in [0.29, 0.717) is 32.0 Å². The predicted octanol–water partition coefficient (Wildman–Crippen LogP) is 3.13. The predicted molar refractivity (Wildman–Crippen MR) is 100 cm³/mol. The van der Waals surface area contributed by atoms with Crippen molar-refractivity contribution >= 4 is 17.3 Å². The van der Waals surface area contributed by atoms with E-state index in [0.717, 1.165) is 17.1 Å². The summed E-state index contributed by atoms with van der Waals surface area (Å²) < 4.78 is 10.9. The number of carbonyl (C=O) groups excluding carboxylic acids is 1. The van der Waals surface area contributed by atoms with Crippen LogP contribution in [0, 0.1) is 24.0 Å². The number of non-ortho nitro benzene ring substituents is 1. The van der Waals surface area contributed by atoms with Gasteiger partial charge in [0, 0.05) is 30.8 Å². The lowest BCUT2D eigenvalue weighted by Gasteiger charge is -2.30. The molecule has 1 N–H and O–H groups in total. The van der Waals surface area contributed by atoms with Crippen LogP contribution < -0.4 is 10.2 Å². The van der Waals surface area contributed by atoms with Crippen molar-refractivity contribution in [2.75, 3.05) is 31.2 Å². The summed E-state index contributed by atoms with van der Waals surface area (Å²) in [4.78, 5) is 25.7. The molecule has 1 saturated heterocycles. The van der Waals surface area contributed by atoms with E-state index in [1.807, 2.05) is 31.7 Å². The highest BCUT2D eigenvalue weighted by Gasteiger charge is 2.24. The molecule has 8 heteroatoms. The van der Waals surface area contributed by atoms with Gasteiger partial charge in [0.05, 0.1) is 35.4 Å². The van der Waals surface area contributed by atoms with Gasteiger partial charge in [0.2, 0.25) is 0 Å². The fourth-order valence-corrected chi connectivity index (χ4v) is 3.33. The van der Waals surface area contributed by atoms with E-state index in [2.05, 4.69) is 5.32 Å². The van der Waals surface area contributed by atoms with Gasteiger partial charge >= 0.3 is 0 Å². The second kappa shape index (κ2) is 7.79. The maximum atomic E-state index is 13.0. The van der Waals surface area contributed by atoms with Gasteiger partial charge in [0.15, 0.2) is 0 Å². The van der Waals surface area contributed by atoms with Crippen molar-refractivity contribution in [2.45, 2.75) is 26.8 Å². The SMILES string of the molecule is Cc1cc(C(C)NC(=O)c2cc([N+](=O)[O-])ccc2N2CCOCC2)c(C)o1. The molecule has 3 rings (SSSR count). The van der Waals surface area contributed by atoms with Crippen molar-refractivity contribution in [2.24, 2.45) is 0 Å². The fourth-order valence-electron chi connectivity index (χ4n) is 3.33. The Labute approximate surface area is 157 Å². The molecule has 1 aliphatic heterocycles. The number of hydrogen-bond acceptors (Lipinski definition) is 6. The van der Waals surface area contributed by atoms with Gasteiger partial charge in [-0.3, -0.25) is 14.9 Å². The first-order valence-corrected chi connectivity index (χ1v) is 8.85. The molecule has 1 amide bonds. The van der Waals surface area contributed by atoms with E-state index in [1.165, 1.54) is 12.1 Å². The average Bonchev–Trinajstić information content (AvgIpc) is 3.00. The molecule has 144 valence electrons. The molecular weight excluding hydrogens is 350 g/mol. The quantitative estimate of drug-likeness (QED) is 0.639. The number of nitrogens with one attached hydrogen (secondary N) is 1. The highest BCUT2D eigenvalue weighted by atomic mass is 16.6. The molecule has 8 nitrogen and oxygen atoms in total. The van der Waals surface area contributed by atoms with Crippen molar-refractivity contribution in [1.29, 1.82) is 0 Å². The molecule has 1 aromatic heterocycles. The van der Waals surface area contributed by atoms with Crippen LogP contribution in [-0.2, 0) is 4.74 Å². The Bertz CT molecular complexity index is 855. The Morgan fingerprint density at radius 2 is 1.96 bits per heavy atom. The molecule has 1 aliphatic rings. The molecule has 1 aromatic carbocycles. The number of aryl methyl sites for hydroxylation is 2. The van der Waals surface area contributed by atoms with Crippen molar-refractivity contribution < 1.29 is 18.9 Å². The van der Waals surface area contributed by atoms with Gasteiger partial charge in [-0.2, -0.15) is 0 Å². The van der Waals surface area contributed by atoms with E-state index in [9.17, 15) is 14.9 Å². The Kier molecular flexibility index (Phi) is 5.46. The fraction of sp³-hybridized carbons (Fsp3) is 0.421. The molecule has 1 atom stereocenters. The van der Waals surface area contributed by atoms with Gasteiger partial charge in [-0.1, -0.05) is 0 Å². The minimum atomic E-state index is -0.493. The Morgan fingerprint density at radius 1 is 1.26 bits per heavy atom. The van der Waals surface area contributed by atoms with Crippen LogP contribution in [0.5, 0.6) is 0 Å². The van der Waals surface area contributed by atoms with Crippen LogP contribution in [0.1, 0.15) is 40.4 Å². The third-order valence-electron chi connectivity index (χ3n) is 4.68. The molecule has 0 bridgehead atoms. The van der Waals surface area contributed by atoms with Crippen LogP contribution in [-0.4, -0.2) is 37.1 Å². The highest BCUT2D eigenvalue weighted by molar-refractivity contribution is 6.00. The number of furan rings is 1. The molecule has 1 unspecified atom stereocenters. The monoisotopic (exact) mass is 373 g/mol. The number of hydrogen-bond donors (Lipinski definition) is 1. The van der Waals surface area contributed by atoms with Gasteiger partial charge < -0.3 is 19.4 Å². The first kappa shape index (κ1) is 18.9. The lowest BCUT2D eigenvalue weighted by molar-refractivity contribution is -0.384. The summed E-state index contributed by atoms with van der Waals surface area (Å²) in [5, 5.41) is 14.1. The molecule has 0 aliphatic carbocycles. The van der Waals surface area contributed by atoms with E-state index in [-0.39, 0.29) is 23.2 Å². The largest absolute Gasteiger partial charge is 0.466 e. The number of amides is 1. The Balaban J connectivity index is 1.90. The molecule has 0 spiro atoms. The number of benzene rings is 1. The summed E-state index contributed by atoms with van der Waals surface area (Å²) in [6, 6.07) is 5.99. The Morgan fingerprint density at radius 3 is 2.56 bits per heavy atom. The number of nitrogens with zero attached hydrogens (tertiary/aromatic N) is 2. The summed E-state index contributed by atoms with van der Waals surface area (Å²) in [5.74, 6) is 1.16. The first-order chi connectivity index (χ1) is 12.9. The van der Waals surface area contributed by atoms with E-state index >= 15 is 0 Å². The summed E-state index contributed by atoms with van der Waals surface area (Å²) in [7, 11) is 0. The first-order valence-electron chi connectivity index (χ1n) is 8.85. The zero-order chi connectivity index (χ0) is 19.6. The standard InChI is InChI=1S/C19H23N3O5/c1-12-10-16(14(3)27-12)13(2)20-19(23)17-11-15(22(24)25)4-5-18(17)21-6-8-26-9-7-21/h4-5,10-11,13H,6-9H2,1-3H3,(H,20,23). The van der Waals surface area contributed by atoms with Gasteiger partial charge in [-0.25, -0.2) is 0 Å². The third-order valence-corrected chi connectivity index (χ3v) is 4.68. The molecule has 0 radical (unpaired) electrons. The third kappa shape index (κ3) is 4.11. The molecule has 2 heterocycles. The smallest absolute Gasteiger partial charge is 0.270 e. The summed E-state index contributed by atoms with van der Waals surface area (Å²) in [6.45, 7) is 7.94. The lowest BCUT2D eigenvalue weighted by Crippen LogP contribution is -2.38. The zero-order valence-electron chi connectivity index (χ0n) is 15.7. The Hall–Kier alpha value is -2.87. The number of anilines is 1. The lowest BCUT2D eigenvalue weighted by atomic mass is 10.1. The number of morpholine rings is 1. The van der Waals surface area contributed by atoms with Crippen LogP contribution in [0.25, 0.3) is 0 Å². The van der Waals surface area contributed by atoms with E-state index in [4.69, 9.17) is 9.15 Å². The number of ether oxygens (including phenoxy) is 1. The maximum absolute atomic E-state index is 13.0. The highest BCUT2D eigenvalue weighted by Crippen LogP contribution is 2.28. The molecular formula is C19H23N3O5. The topological polar surface area (TPSA) is 97.8 Å². The minimum absolute atomic E-state index is 0.111. The second-order valence-corrected chi connectivity index (χ2v) is 6.62. The minimum Gasteiger partial charge on any atom is -0.466 e. The second-order valence-electron chi connectivity index (χ2n) is 6.62. The molecule has 2 aromatic rings. The summed E-state index contributed by atoms with van der Waals surface area (Å²) in [5.41, 5.74) is 1.74. The van der Waals surface area contributed by atoms with Crippen LogP contribution in [0.15, 0.2) is 28.7 Å². The van der Waals surface area contributed by atoms with Crippen molar-refractivity contribution in [3.05, 3.63) is 57.0 Å². The maximum Gasteiger partial charge on any atom is 0.270 e. The van der Waals surface area contributed by atoms with Crippen molar-refractivity contribution in [3.8, 4) is 0 Å². The zero-order valence-corrected chi connectivity index (χ0v) is 15.7. The van der Waals surface area contributed by atoms with Crippen molar-refractivity contribution in [3.63, 3.8) is 0 Å². The van der Waals surface area contributed by atoms with Gasteiger partial charge in [0.25, 0.3) is 11.6 Å². The number of nitro benzene ring substituents is 1. The van der Waals surface area contributed by atoms with Crippen molar-refractivity contribution in [1.82, 2.24) is 5.32 Å². The van der Waals surface area contributed by atoms with Crippen LogP contribution >= 0.6 is 0 Å². The number of carbonyl (C=O) groups is 1. The van der Waals surface area contributed by atoms with Gasteiger partial charge in [-0.15, -0.1) is 0 Å².